The van der Waals surface area contributed by atoms with Crippen LogP contribution in [-0.2, 0) is 16.0 Å². The predicted octanol–water partition coefficient (Wildman–Crippen LogP) is 4.03. The quantitative estimate of drug-likeness (QED) is 0.742. The van der Waals surface area contributed by atoms with Gasteiger partial charge < -0.3 is 9.64 Å². The molecule has 4 heteroatoms. The molecule has 0 aromatic heterocycles. The summed E-state index contributed by atoms with van der Waals surface area (Å²) in [5.41, 5.74) is 1.42. The minimum absolute atomic E-state index is 0.0982. The molecule has 1 aromatic carbocycles. The average molecular weight is 385 g/mol. The van der Waals surface area contributed by atoms with Crippen LogP contribution in [0.15, 0.2) is 30.3 Å². The van der Waals surface area contributed by atoms with E-state index in [2.05, 4.69) is 34.1 Å². The summed E-state index contributed by atoms with van der Waals surface area (Å²) >= 11 is 0. The van der Waals surface area contributed by atoms with Gasteiger partial charge in [-0.15, -0.1) is 0 Å². The van der Waals surface area contributed by atoms with Gasteiger partial charge in [0, 0.05) is 32.2 Å². The maximum absolute atomic E-state index is 13.0. The zero-order chi connectivity index (χ0) is 19.4. The van der Waals surface area contributed by atoms with E-state index in [4.69, 9.17) is 4.74 Å². The Morgan fingerprint density at radius 1 is 1.18 bits per heavy atom. The number of nitrogens with zero attached hydrogens (tertiary/aromatic N) is 2. The second kappa shape index (κ2) is 8.96. The SMILES string of the molecule is CN(C(=O)CCCc1ccccc1)[C@@H]1CC[C@]2(CCCO2)C[C@H]1N1CCCC1. The minimum atomic E-state index is 0.0982. The van der Waals surface area contributed by atoms with E-state index >= 15 is 0 Å². The molecule has 28 heavy (non-hydrogen) atoms. The molecule has 4 nitrogen and oxygen atoms in total. The highest BCUT2D eigenvalue weighted by Gasteiger charge is 2.47. The monoisotopic (exact) mass is 384 g/mol. The first-order valence-corrected chi connectivity index (χ1v) is 11.3. The fourth-order valence-electron chi connectivity index (χ4n) is 5.68. The number of rotatable bonds is 6. The Bertz CT molecular complexity index is 635. The molecular formula is C24H36N2O2. The van der Waals surface area contributed by atoms with Crippen LogP contribution in [0.5, 0.6) is 0 Å². The van der Waals surface area contributed by atoms with Crippen molar-refractivity contribution in [3.63, 3.8) is 0 Å². The molecule has 1 spiro atoms. The summed E-state index contributed by atoms with van der Waals surface area (Å²) in [5, 5.41) is 0. The van der Waals surface area contributed by atoms with Crippen LogP contribution < -0.4 is 0 Å². The molecule has 3 atom stereocenters. The van der Waals surface area contributed by atoms with Gasteiger partial charge in [-0.1, -0.05) is 30.3 Å². The number of carbonyl (C=O) groups excluding carboxylic acids is 1. The largest absolute Gasteiger partial charge is 0.375 e. The van der Waals surface area contributed by atoms with E-state index in [-0.39, 0.29) is 5.60 Å². The van der Waals surface area contributed by atoms with Crippen LogP contribution in [-0.4, -0.2) is 60.1 Å². The Kier molecular flexibility index (Phi) is 6.37. The van der Waals surface area contributed by atoms with E-state index in [1.54, 1.807) is 0 Å². The fraction of sp³-hybridized carbons (Fsp3) is 0.708. The first-order chi connectivity index (χ1) is 13.7. The number of likely N-dealkylation sites (N-methyl/N-ethyl adjacent to an activating group) is 1. The highest BCUT2D eigenvalue weighted by Crippen LogP contribution is 2.43. The van der Waals surface area contributed by atoms with E-state index in [0.29, 0.717) is 24.4 Å². The molecule has 3 fully saturated rings. The van der Waals surface area contributed by atoms with Crippen molar-refractivity contribution in [1.82, 2.24) is 9.80 Å². The van der Waals surface area contributed by atoms with Crippen LogP contribution in [0, 0.1) is 0 Å². The van der Waals surface area contributed by atoms with Gasteiger partial charge in [0.15, 0.2) is 0 Å². The first kappa shape index (κ1) is 19.9. The van der Waals surface area contributed by atoms with Crippen molar-refractivity contribution in [2.24, 2.45) is 0 Å². The van der Waals surface area contributed by atoms with Crippen LogP contribution in [0.4, 0.5) is 0 Å². The number of ether oxygens (including phenoxy) is 1. The van der Waals surface area contributed by atoms with Crippen LogP contribution in [0.2, 0.25) is 0 Å². The van der Waals surface area contributed by atoms with Crippen molar-refractivity contribution in [1.29, 1.82) is 0 Å². The fourth-order valence-corrected chi connectivity index (χ4v) is 5.68. The second-order valence-electron chi connectivity index (χ2n) is 9.10. The molecule has 0 radical (unpaired) electrons. The molecule has 0 bridgehead atoms. The maximum Gasteiger partial charge on any atom is 0.222 e. The highest BCUT2D eigenvalue weighted by molar-refractivity contribution is 5.76. The molecule has 1 aliphatic carbocycles. The molecule has 3 aliphatic rings. The lowest BCUT2D eigenvalue weighted by Gasteiger charge is -2.48. The first-order valence-electron chi connectivity index (χ1n) is 11.3. The highest BCUT2D eigenvalue weighted by atomic mass is 16.5. The molecule has 154 valence electrons. The second-order valence-corrected chi connectivity index (χ2v) is 9.10. The summed E-state index contributed by atoms with van der Waals surface area (Å²) in [6.45, 7) is 3.30. The lowest BCUT2D eigenvalue weighted by molar-refractivity contribution is -0.137. The van der Waals surface area contributed by atoms with Crippen molar-refractivity contribution in [3.05, 3.63) is 35.9 Å². The predicted molar refractivity (Wildman–Crippen MR) is 112 cm³/mol. The summed E-state index contributed by atoms with van der Waals surface area (Å²) in [4.78, 5) is 17.7. The van der Waals surface area contributed by atoms with Gasteiger partial charge in [0.1, 0.15) is 0 Å². The van der Waals surface area contributed by atoms with Gasteiger partial charge in [0.2, 0.25) is 5.91 Å². The van der Waals surface area contributed by atoms with Crippen molar-refractivity contribution in [2.45, 2.75) is 81.9 Å². The molecular weight excluding hydrogens is 348 g/mol. The lowest BCUT2D eigenvalue weighted by atomic mass is 9.76. The van der Waals surface area contributed by atoms with Crippen LogP contribution >= 0.6 is 0 Å². The van der Waals surface area contributed by atoms with Crippen molar-refractivity contribution < 1.29 is 9.53 Å². The zero-order valence-electron chi connectivity index (χ0n) is 17.4. The summed E-state index contributed by atoms with van der Waals surface area (Å²) in [7, 11) is 2.05. The van der Waals surface area contributed by atoms with E-state index in [9.17, 15) is 4.79 Å². The molecule has 2 aliphatic heterocycles. The number of amides is 1. The van der Waals surface area contributed by atoms with E-state index in [1.165, 1.54) is 44.3 Å². The average Bonchev–Trinajstić information content (AvgIpc) is 3.41. The zero-order valence-corrected chi connectivity index (χ0v) is 17.4. The lowest BCUT2D eigenvalue weighted by Crippen LogP contribution is -2.58. The van der Waals surface area contributed by atoms with Crippen molar-refractivity contribution in [2.75, 3.05) is 26.7 Å². The van der Waals surface area contributed by atoms with Gasteiger partial charge in [0.05, 0.1) is 5.60 Å². The summed E-state index contributed by atoms with van der Waals surface area (Å²) in [6.07, 6.45) is 10.9. The molecule has 2 saturated heterocycles. The smallest absolute Gasteiger partial charge is 0.222 e. The van der Waals surface area contributed by atoms with Crippen LogP contribution in [0.1, 0.15) is 63.4 Å². The van der Waals surface area contributed by atoms with E-state index in [0.717, 1.165) is 38.7 Å². The Labute approximate surface area is 170 Å². The number of benzene rings is 1. The Balaban J connectivity index is 1.36. The number of aryl methyl sites for hydroxylation is 1. The van der Waals surface area contributed by atoms with Crippen molar-refractivity contribution in [3.8, 4) is 0 Å². The third-order valence-corrected chi connectivity index (χ3v) is 7.31. The van der Waals surface area contributed by atoms with Gasteiger partial charge in [-0.2, -0.15) is 0 Å². The molecule has 1 saturated carbocycles. The Morgan fingerprint density at radius 3 is 2.68 bits per heavy atom. The molecule has 0 N–H and O–H groups in total. The molecule has 4 rings (SSSR count). The van der Waals surface area contributed by atoms with Gasteiger partial charge in [-0.3, -0.25) is 9.69 Å². The molecule has 1 amide bonds. The number of likely N-dealkylation sites (tertiary alicyclic amines) is 1. The van der Waals surface area contributed by atoms with E-state index in [1.807, 2.05) is 13.1 Å². The molecule has 1 aromatic rings. The van der Waals surface area contributed by atoms with Gasteiger partial charge in [0.25, 0.3) is 0 Å². The third kappa shape index (κ3) is 4.44. The standard InChI is InChI=1S/C24H36N2O2/c1-25(23(27)12-7-11-20-9-3-2-4-10-20)21-13-15-24(14-8-18-28-24)19-22(21)26-16-5-6-17-26/h2-4,9-10,21-22H,5-8,11-19H2,1H3/t21-,22-,24-/m1/s1. The van der Waals surface area contributed by atoms with Gasteiger partial charge in [-0.05, 0) is 76.4 Å². The number of hydrogen-bond acceptors (Lipinski definition) is 3. The summed E-state index contributed by atoms with van der Waals surface area (Å²) in [6, 6.07) is 11.3. The summed E-state index contributed by atoms with van der Waals surface area (Å²) < 4.78 is 6.24. The summed E-state index contributed by atoms with van der Waals surface area (Å²) in [5.74, 6) is 0.313. The topological polar surface area (TPSA) is 32.8 Å². The van der Waals surface area contributed by atoms with E-state index < -0.39 is 0 Å². The van der Waals surface area contributed by atoms with Crippen LogP contribution in [0.25, 0.3) is 0 Å². The third-order valence-electron chi connectivity index (χ3n) is 7.31. The van der Waals surface area contributed by atoms with Crippen molar-refractivity contribution >= 4 is 5.91 Å². The molecule has 0 unspecified atom stereocenters. The normalized spacial score (nSPS) is 30.8. The maximum atomic E-state index is 13.0. The minimum Gasteiger partial charge on any atom is -0.375 e. The number of carbonyl (C=O) groups is 1. The Hall–Kier alpha value is -1.39. The number of hydrogen-bond donors (Lipinski definition) is 0. The molecule has 2 heterocycles. The van der Waals surface area contributed by atoms with Gasteiger partial charge >= 0.3 is 0 Å². The van der Waals surface area contributed by atoms with Gasteiger partial charge in [-0.25, -0.2) is 0 Å². The Morgan fingerprint density at radius 2 is 1.96 bits per heavy atom. The van der Waals surface area contributed by atoms with Crippen LogP contribution in [0.3, 0.4) is 0 Å².